The van der Waals surface area contributed by atoms with Crippen molar-refractivity contribution in [2.24, 2.45) is 0 Å². The predicted octanol–water partition coefficient (Wildman–Crippen LogP) is 2.75. The lowest BCUT2D eigenvalue weighted by molar-refractivity contribution is -0.118. The van der Waals surface area contributed by atoms with Gasteiger partial charge in [0.25, 0.3) is 5.91 Å². The van der Waals surface area contributed by atoms with Crippen molar-refractivity contribution in [2.75, 3.05) is 25.0 Å². The number of hydrogen-bond donors (Lipinski definition) is 1. The summed E-state index contributed by atoms with van der Waals surface area (Å²) in [7, 11) is -3.56. The second kappa shape index (κ2) is 8.87. The van der Waals surface area contributed by atoms with Crippen molar-refractivity contribution in [1.82, 2.24) is 4.31 Å². The van der Waals surface area contributed by atoms with Gasteiger partial charge in [-0.05, 0) is 55.3 Å². The first kappa shape index (κ1) is 19.9. The Balaban J connectivity index is 1.61. The van der Waals surface area contributed by atoms with Crippen LogP contribution in [0, 0.1) is 11.3 Å². The minimum absolute atomic E-state index is 0.167. The Hall–Kier alpha value is -2.89. The van der Waals surface area contributed by atoms with Crippen LogP contribution in [0.2, 0.25) is 0 Å². The molecule has 0 aliphatic carbocycles. The van der Waals surface area contributed by atoms with Gasteiger partial charge in [-0.3, -0.25) is 4.79 Å². The highest BCUT2D eigenvalue weighted by atomic mass is 32.2. The van der Waals surface area contributed by atoms with Gasteiger partial charge in [-0.15, -0.1) is 0 Å². The largest absolute Gasteiger partial charge is 0.484 e. The molecule has 146 valence electrons. The molecule has 28 heavy (non-hydrogen) atoms. The van der Waals surface area contributed by atoms with E-state index in [0.29, 0.717) is 30.1 Å². The predicted molar refractivity (Wildman–Crippen MR) is 104 cm³/mol. The topological polar surface area (TPSA) is 99.5 Å². The zero-order valence-corrected chi connectivity index (χ0v) is 16.1. The molecule has 2 aromatic rings. The van der Waals surface area contributed by atoms with Gasteiger partial charge in [0, 0.05) is 18.8 Å². The van der Waals surface area contributed by atoms with Crippen LogP contribution in [0.15, 0.2) is 53.4 Å². The van der Waals surface area contributed by atoms with Gasteiger partial charge in [0.2, 0.25) is 10.0 Å². The minimum Gasteiger partial charge on any atom is -0.484 e. The number of hydrogen-bond acceptors (Lipinski definition) is 5. The number of carbonyl (C=O) groups excluding carboxylic acids is 1. The van der Waals surface area contributed by atoms with Crippen LogP contribution in [0.25, 0.3) is 0 Å². The van der Waals surface area contributed by atoms with E-state index in [4.69, 9.17) is 10.00 Å². The number of nitriles is 1. The molecule has 1 N–H and O–H groups in total. The standard InChI is InChI=1S/C20H21N3O4S/c21-14-16-7-9-18(10-8-16)27-15-20(24)22-17-5-4-6-19(13-17)28(25,26)23-11-2-1-3-12-23/h4-10,13H,1-3,11-12,15H2,(H,22,24). The highest BCUT2D eigenvalue weighted by molar-refractivity contribution is 7.89. The van der Waals surface area contributed by atoms with Gasteiger partial charge in [0.1, 0.15) is 5.75 Å². The van der Waals surface area contributed by atoms with Gasteiger partial charge < -0.3 is 10.1 Å². The lowest BCUT2D eigenvalue weighted by Crippen LogP contribution is -2.35. The molecular formula is C20H21N3O4S. The molecule has 1 amide bonds. The van der Waals surface area contributed by atoms with Gasteiger partial charge in [0.15, 0.2) is 6.61 Å². The molecule has 1 fully saturated rings. The SMILES string of the molecule is N#Cc1ccc(OCC(=O)Nc2cccc(S(=O)(=O)N3CCCCC3)c2)cc1. The molecule has 0 unspecified atom stereocenters. The number of amides is 1. The van der Waals surface area contributed by atoms with Crippen molar-refractivity contribution in [1.29, 1.82) is 5.26 Å². The molecule has 1 aliphatic rings. The molecule has 0 atom stereocenters. The number of anilines is 1. The number of ether oxygens (including phenoxy) is 1. The second-order valence-electron chi connectivity index (χ2n) is 6.47. The van der Waals surface area contributed by atoms with Crippen LogP contribution < -0.4 is 10.1 Å². The maximum Gasteiger partial charge on any atom is 0.262 e. The number of benzene rings is 2. The lowest BCUT2D eigenvalue weighted by Gasteiger charge is -2.26. The molecule has 0 bridgehead atoms. The van der Waals surface area contributed by atoms with E-state index in [0.717, 1.165) is 19.3 Å². The summed E-state index contributed by atoms with van der Waals surface area (Å²) in [5, 5.41) is 11.4. The quantitative estimate of drug-likeness (QED) is 0.805. The number of piperidine rings is 1. The molecule has 8 heteroatoms. The maximum absolute atomic E-state index is 12.8. The molecule has 3 rings (SSSR count). The number of nitrogens with zero attached hydrogens (tertiary/aromatic N) is 2. The highest BCUT2D eigenvalue weighted by Gasteiger charge is 2.26. The van der Waals surface area contributed by atoms with Crippen molar-refractivity contribution < 1.29 is 17.9 Å². The summed E-state index contributed by atoms with van der Waals surface area (Å²) in [4.78, 5) is 12.3. The summed E-state index contributed by atoms with van der Waals surface area (Å²) in [5.74, 6) is 0.0625. The Bertz CT molecular complexity index is 975. The van der Waals surface area contributed by atoms with E-state index in [2.05, 4.69) is 5.32 Å². The Labute approximate surface area is 164 Å². The van der Waals surface area contributed by atoms with Crippen molar-refractivity contribution in [3.8, 4) is 11.8 Å². The van der Waals surface area contributed by atoms with E-state index < -0.39 is 15.9 Å². The number of carbonyl (C=O) groups is 1. The third kappa shape index (κ3) is 4.88. The lowest BCUT2D eigenvalue weighted by atomic mass is 10.2. The Morgan fingerprint density at radius 1 is 1.11 bits per heavy atom. The van der Waals surface area contributed by atoms with E-state index >= 15 is 0 Å². The first-order valence-corrected chi connectivity index (χ1v) is 10.5. The fraction of sp³-hybridized carbons (Fsp3) is 0.300. The monoisotopic (exact) mass is 399 g/mol. The van der Waals surface area contributed by atoms with Crippen LogP contribution in [0.3, 0.4) is 0 Å². The van der Waals surface area contributed by atoms with Crippen LogP contribution in [0.5, 0.6) is 5.75 Å². The van der Waals surface area contributed by atoms with Gasteiger partial charge in [-0.2, -0.15) is 9.57 Å². The molecule has 7 nitrogen and oxygen atoms in total. The molecule has 0 aromatic heterocycles. The molecule has 1 aliphatic heterocycles. The molecule has 1 saturated heterocycles. The normalized spacial score (nSPS) is 14.8. The molecule has 2 aromatic carbocycles. The van der Waals surface area contributed by atoms with E-state index in [1.54, 1.807) is 36.4 Å². The van der Waals surface area contributed by atoms with Crippen LogP contribution >= 0.6 is 0 Å². The van der Waals surface area contributed by atoms with E-state index in [1.807, 2.05) is 6.07 Å². The van der Waals surface area contributed by atoms with Gasteiger partial charge in [-0.25, -0.2) is 8.42 Å². The minimum atomic E-state index is -3.56. The average molecular weight is 399 g/mol. The molecule has 0 spiro atoms. The zero-order chi connectivity index (χ0) is 20.0. The van der Waals surface area contributed by atoms with Gasteiger partial charge in [0.05, 0.1) is 16.5 Å². The fourth-order valence-electron chi connectivity index (χ4n) is 2.96. The maximum atomic E-state index is 12.8. The van der Waals surface area contributed by atoms with Gasteiger partial charge >= 0.3 is 0 Å². The second-order valence-corrected chi connectivity index (χ2v) is 8.40. The molecule has 0 radical (unpaired) electrons. The van der Waals surface area contributed by atoms with Crippen LogP contribution in [-0.4, -0.2) is 38.3 Å². The first-order valence-electron chi connectivity index (χ1n) is 9.02. The number of sulfonamides is 1. The van der Waals surface area contributed by atoms with Gasteiger partial charge in [-0.1, -0.05) is 12.5 Å². The number of nitrogens with one attached hydrogen (secondary N) is 1. The Kier molecular flexibility index (Phi) is 6.29. The van der Waals surface area contributed by atoms with E-state index in [-0.39, 0.29) is 11.5 Å². The molecule has 0 saturated carbocycles. The highest BCUT2D eigenvalue weighted by Crippen LogP contribution is 2.23. The van der Waals surface area contributed by atoms with Crippen LogP contribution in [-0.2, 0) is 14.8 Å². The van der Waals surface area contributed by atoms with E-state index in [1.165, 1.54) is 16.4 Å². The molecule has 1 heterocycles. The Morgan fingerprint density at radius 2 is 1.82 bits per heavy atom. The van der Waals surface area contributed by atoms with Crippen molar-refractivity contribution in [2.45, 2.75) is 24.2 Å². The Morgan fingerprint density at radius 3 is 2.50 bits per heavy atom. The third-order valence-corrected chi connectivity index (χ3v) is 6.32. The summed E-state index contributed by atoms with van der Waals surface area (Å²) in [6.45, 7) is 0.823. The third-order valence-electron chi connectivity index (χ3n) is 4.42. The van der Waals surface area contributed by atoms with Crippen molar-refractivity contribution in [3.05, 3.63) is 54.1 Å². The fourth-order valence-corrected chi connectivity index (χ4v) is 4.52. The number of rotatable bonds is 6. The average Bonchev–Trinajstić information content (AvgIpc) is 2.73. The van der Waals surface area contributed by atoms with E-state index in [9.17, 15) is 13.2 Å². The summed E-state index contributed by atoms with van der Waals surface area (Å²) in [6.07, 6.45) is 2.77. The summed E-state index contributed by atoms with van der Waals surface area (Å²) in [6, 6.07) is 14.7. The van der Waals surface area contributed by atoms with Crippen LogP contribution in [0.1, 0.15) is 24.8 Å². The first-order chi connectivity index (χ1) is 13.5. The van der Waals surface area contributed by atoms with Crippen molar-refractivity contribution >= 4 is 21.6 Å². The summed E-state index contributed by atoms with van der Waals surface area (Å²) in [5.41, 5.74) is 0.898. The smallest absolute Gasteiger partial charge is 0.262 e. The van der Waals surface area contributed by atoms with Crippen LogP contribution in [0.4, 0.5) is 5.69 Å². The molecular weight excluding hydrogens is 378 g/mol. The summed E-state index contributed by atoms with van der Waals surface area (Å²) < 4.78 is 32.4. The summed E-state index contributed by atoms with van der Waals surface area (Å²) >= 11 is 0. The zero-order valence-electron chi connectivity index (χ0n) is 15.3. The van der Waals surface area contributed by atoms with Crippen molar-refractivity contribution in [3.63, 3.8) is 0 Å².